The molecule has 1 atom stereocenters. The molecule has 1 aromatic heterocycles. The number of rotatable bonds is 3. The minimum Gasteiger partial charge on any atom is -0.316 e. The van der Waals surface area contributed by atoms with E-state index in [0.29, 0.717) is 4.90 Å². The molecule has 0 aliphatic carbocycles. The number of nitrogens with zero attached hydrogens (tertiary/aromatic N) is 1. The van der Waals surface area contributed by atoms with E-state index in [4.69, 9.17) is 0 Å². The molecule has 1 saturated heterocycles. The first kappa shape index (κ1) is 10.6. The average molecular weight is 226 g/mol. The third-order valence-corrected chi connectivity index (χ3v) is 4.53. The predicted molar refractivity (Wildman–Crippen MR) is 57.3 cm³/mol. The van der Waals surface area contributed by atoms with E-state index in [9.17, 15) is 8.42 Å². The van der Waals surface area contributed by atoms with Crippen molar-refractivity contribution in [3.63, 3.8) is 0 Å². The maximum absolute atomic E-state index is 11.9. The summed E-state index contributed by atoms with van der Waals surface area (Å²) in [5.74, 6) is 0.493. The Labute approximate surface area is 89.6 Å². The van der Waals surface area contributed by atoms with Crippen LogP contribution in [0, 0.1) is 5.92 Å². The van der Waals surface area contributed by atoms with E-state index in [0.717, 1.165) is 19.5 Å². The fraction of sp³-hybridized carbons (Fsp3) is 0.500. The maximum Gasteiger partial charge on any atom is 0.178 e. The third-order valence-electron chi connectivity index (χ3n) is 2.63. The van der Waals surface area contributed by atoms with Crippen LogP contribution >= 0.6 is 0 Å². The first-order valence-corrected chi connectivity index (χ1v) is 6.67. The van der Waals surface area contributed by atoms with Crippen LogP contribution in [-0.4, -0.2) is 32.2 Å². The van der Waals surface area contributed by atoms with E-state index in [1.165, 1.54) is 12.4 Å². The van der Waals surface area contributed by atoms with Crippen LogP contribution in [0.15, 0.2) is 29.4 Å². The molecule has 2 rings (SSSR count). The van der Waals surface area contributed by atoms with Gasteiger partial charge >= 0.3 is 0 Å². The van der Waals surface area contributed by atoms with Gasteiger partial charge in [0.1, 0.15) is 0 Å². The molecular weight excluding hydrogens is 212 g/mol. The number of sulfone groups is 1. The number of hydrogen-bond acceptors (Lipinski definition) is 4. The van der Waals surface area contributed by atoms with Crippen molar-refractivity contribution < 1.29 is 8.42 Å². The Morgan fingerprint density at radius 1 is 1.40 bits per heavy atom. The van der Waals surface area contributed by atoms with Crippen LogP contribution < -0.4 is 5.32 Å². The minimum atomic E-state index is -3.12. The quantitative estimate of drug-likeness (QED) is 0.813. The van der Waals surface area contributed by atoms with Crippen molar-refractivity contribution >= 4 is 9.84 Å². The van der Waals surface area contributed by atoms with Crippen molar-refractivity contribution in [2.75, 3.05) is 18.8 Å². The Bertz CT molecular complexity index is 410. The van der Waals surface area contributed by atoms with Gasteiger partial charge in [-0.3, -0.25) is 4.98 Å². The molecule has 5 heteroatoms. The molecule has 0 amide bonds. The van der Waals surface area contributed by atoms with Gasteiger partial charge in [0.2, 0.25) is 0 Å². The summed E-state index contributed by atoms with van der Waals surface area (Å²) in [7, 11) is -3.12. The van der Waals surface area contributed by atoms with Crippen molar-refractivity contribution in [2.45, 2.75) is 11.3 Å². The Hall–Kier alpha value is -0.940. The van der Waals surface area contributed by atoms with Crippen LogP contribution in [0.3, 0.4) is 0 Å². The lowest BCUT2D eigenvalue weighted by molar-refractivity contribution is 0.570. The monoisotopic (exact) mass is 226 g/mol. The standard InChI is InChI=1S/C10H14N2O2S/c13-15(14,8-9-1-4-12-7-9)10-2-5-11-6-3-10/h2-3,5-6,9,12H,1,4,7-8H2. The van der Waals surface area contributed by atoms with Crippen molar-refractivity contribution in [1.82, 2.24) is 10.3 Å². The highest BCUT2D eigenvalue weighted by atomic mass is 32.2. The zero-order valence-electron chi connectivity index (χ0n) is 8.39. The summed E-state index contributed by atoms with van der Waals surface area (Å²) in [6.07, 6.45) is 3.98. The summed E-state index contributed by atoms with van der Waals surface area (Å²) in [6, 6.07) is 3.11. The Morgan fingerprint density at radius 2 is 2.13 bits per heavy atom. The van der Waals surface area contributed by atoms with E-state index in [-0.39, 0.29) is 11.7 Å². The van der Waals surface area contributed by atoms with Crippen molar-refractivity contribution in [1.29, 1.82) is 0 Å². The van der Waals surface area contributed by atoms with Gasteiger partial charge in [0.25, 0.3) is 0 Å². The molecule has 1 aliphatic heterocycles. The molecule has 15 heavy (non-hydrogen) atoms. The highest BCUT2D eigenvalue weighted by Crippen LogP contribution is 2.16. The van der Waals surface area contributed by atoms with Gasteiger partial charge in [-0.2, -0.15) is 0 Å². The van der Waals surface area contributed by atoms with Crippen LogP contribution in [0.25, 0.3) is 0 Å². The van der Waals surface area contributed by atoms with Gasteiger partial charge in [-0.1, -0.05) is 0 Å². The van der Waals surface area contributed by atoms with Crippen molar-refractivity contribution in [2.24, 2.45) is 5.92 Å². The Balaban J connectivity index is 2.13. The van der Waals surface area contributed by atoms with Gasteiger partial charge < -0.3 is 5.32 Å². The van der Waals surface area contributed by atoms with Crippen LogP contribution in [0.5, 0.6) is 0 Å². The normalized spacial score (nSPS) is 21.7. The molecule has 0 bridgehead atoms. The average Bonchev–Trinajstić information content (AvgIpc) is 2.71. The van der Waals surface area contributed by atoms with Crippen LogP contribution in [0.1, 0.15) is 6.42 Å². The molecule has 2 heterocycles. The summed E-state index contributed by atoms with van der Waals surface area (Å²) < 4.78 is 23.9. The first-order valence-electron chi connectivity index (χ1n) is 5.02. The predicted octanol–water partition coefficient (Wildman–Crippen LogP) is 0.465. The zero-order chi connectivity index (χ0) is 10.7. The second-order valence-electron chi connectivity index (χ2n) is 3.82. The topological polar surface area (TPSA) is 59.1 Å². The smallest absolute Gasteiger partial charge is 0.178 e. The zero-order valence-corrected chi connectivity index (χ0v) is 9.20. The Morgan fingerprint density at radius 3 is 2.73 bits per heavy atom. The number of nitrogens with one attached hydrogen (secondary N) is 1. The number of aromatic nitrogens is 1. The molecule has 0 spiro atoms. The lowest BCUT2D eigenvalue weighted by Crippen LogP contribution is -2.18. The van der Waals surface area contributed by atoms with Gasteiger partial charge in [-0.05, 0) is 37.6 Å². The van der Waals surface area contributed by atoms with Crippen molar-refractivity contribution in [3.8, 4) is 0 Å². The number of pyridine rings is 1. The first-order chi connectivity index (χ1) is 7.18. The van der Waals surface area contributed by atoms with Gasteiger partial charge in [0.05, 0.1) is 10.6 Å². The summed E-state index contributed by atoms with van der Waals surface area (Å²) in [5, 5.41) is 3.17. The number of hydrogen-bond donors (Lipinski definition) is 1. The molecule has 0 aromatic carbocycles. The van der Waals surface area contributed by atoms with Gasteiger partial charge in [-0.15, -0.1) is 0 Å². The largest absolute Gasteiger partial charge is 0.316 e. The highest BCUT2D eigenvalue weighted by Gasteiger charge is 2.23. The van der Waals surface area contributed by atoms with E-state index < -0.39 is 9.84 Å². The molecule has 4 nitrogen and oxygen atoms in total. The maximum atomic E-state index is 11.9. The molecule has 1 aliphatic rings. The Kier molecular flexibility index (Phi) is 3.02. The molecule has 0 saturated carbocycles. The van der Waals surface area contributed by atoms with E-state index >= 15 is 0 Å². The minimum absolute atomic E-state index is 0.240. The SMILES string of the molecule is O=S(=O)(CC1CCNC1)c1ccncc1. The molecule has 1 aromatic rings. The molecular formula is C10H14N2O2S. The van der Waals surface area contributed by atoms with Gasteiger partial charge in [0.15, 0.2) is 9.84 Å². The van der Waals surface area contributed by atoms with Gasteiger partial charge in [-0.25, -0.2) is 8.42 Å². The van der Waals surface area contributed by atoms with Crippen LogP contribution in [0.4, 0.5) is 0 Å². The second-order valence-corrected chi connectivity index (χ2v) is 5.86. The van der Waals surface area contributed by atoms with Gasteiger partial charge in [0, 0.05) is 12.4 Å². The highest BCUT2D eigenvalue weighted by molar-refractivity contribution is 7.91. The fourth-order valence-corrected chi connectivity index (χ4v) is 3.44. The van der Waals surface area contributed by atoms with Crippen molar-refractivity contribution in [3.05, 3.63) is 24.5 Å². The van der Waals surface area contributed by atoms with E-state index in [2.05, 4.69) is 10.3 Å². The van der Waals surface area contributed by atoms with Crippen LogP contribution in [0.2, 0.25) is 0 Å². The summed E-state index contributed by atoms with van der Waals surface area (Å²) in [4.78, 5) is 4.19. The summed E-state index contributed by atoms with van der Waals surface area (Å²) >= 11 is 0. The molecule has 82 valence electrons. The third kappa shape index (κ3) is 2.54. The summed E-state index contributed by atoms with van der Waals surface area (Å²) in [6.45, 7) is 1.74. The fourth-order valence-electron chi connectivity index (χ4n) is 1.81. The lowest BCUT2D eigenvalue weighted by Gasteiger charge is -2.08. The molecule has 0 radical (unpaired) electrons. The van der Waals surface area contributed by atoms with E-state index in [1.807, 2.05) is 0 Å². The molecule has 1 N–H and O–H groups in total. The lowest BCUT2D eigenvalue weighted by atomic mass is 10.2. The molecule has 1 unspecified atom stereocenters. The second kappa shape index (κ2) is 4.28. The summed E-state index contributed by atoms with van der Waals surface area (Å²) in [5.41, 5.74) is 0. The van der Waals surface area contributed by atoms with E-state index in [1.54, 1.807) is 12.1 Å². The van der Waals surface area contributed by atoms with Crippen LogP contribution in [-0.2, 0) is 9.84 Å². The molecule has 1 fully saturated rings.